The Balaban J connectivity index is 1.48. The monoisotopic (exact) mass is 388 g/mol. The molecule has 6 heteroatoms. The first-order valence-electron chi connectivity index (χ1n) is 9.79. The number of H-pyrrole nitrogens is 1. The van der Waals surface area contributed by atoms with E-state index < -0.39 is 0 Å². The van der Waals surface area contributed by atoms with Gasteiger partial charge in [-0.2, -0.15) is 5.10 Å². The lowest BCUT2D eigenvalue weighted by atomic mass is 10.0. The first-order valence-corrected chi connectivity index (χ1v) is 9.79. The second-order valence-corrected chi connectivity index (χ2v) is 7.36. The van der Waals surface area contributed by atoms with Crippen LogP contribution in [0.15, 0.2) is 42.5 Å². The molecule has 2 aromatic carbocycles. The highest BCUT2D eigenvalue weighted by Gasteiger charge is 2.24. The van der Waals surface area contributed by atoms with E-state index in [2.05, 4.69) is 10.2 Å². The van der Waals surface area contributed by atoms with Crippen molar-refractivity contribution in [2.75, 3.05) is 26.2 Å². The van der Waals surface area contributed by atoms with Crippen LogP contribution in [0.25, 0.3) is 23.1 Å². The van der Waals surface area contributed by atoms with E-state index in [1.807, 2.05) is 66.4 Å². The molecule has 6 nitrogen and oxygen atoms in total. The van der Waals surface area contributed by atoms with Gasteiger partial charge in [-0.3, -0.25) is 14.7 Å². The van der Waals surface area contributed by atoms with Gasteiger partial charge in [0.2, 0.25) is 5.91 Å². The van der Waals surface area contributed by atoms with Gasteiger partial charge in [0.15, 0.2) is 0 Å². The van der Waals surface area contributed by atoms with Crippen LogP contribution in [0.3, 0.4) is 0 Å². The minimum absolute atomic E-state index is 0.0273. The van der Waals surface area contributed by atoms with Gasteiger partial charge in [0.25, 0.3) is 5.91 Å². The van der Waals surface area contributed by atoms with Crippen LogP contribution in [0.2, 0.25) is 0 Å². The zero-order chi connectivity index (χ0) is 20.4. The molecule has 0 atom stereocenters. The largest absolute Gasteiger partial charge is 0.339 e. The maximum Gasteiger partial charge on any atom is 0.254 e. The number of carbonyl (C=O) groups is 2. The van der Waals surface area contributed by atoms with E-state index in [-0.39, 0.29) is 11.8 Å². The molecule has 1 aliphatic heterocycles. The van der Waals surface area contributed by atoms with Crippen LogP contribution in [-0.4, -0.2) is 58.0 Å². The maximum atomic E-state index is 12.9. The Morgan fingerprint density at radius 2 is 1.72 bits per heavy atom. The number of aromatic amines is 1. The molecule has 29 heavy (non-hydrogen) atoms. The first-order chi connectivity index (χ1) is 14.0. The van der Waals surface area contributed by atoms with Crippen LogP contribution >= 0.6 is 0 Å². The van der Waals surface area contributed by atoms with E-state index >= 15 is 0 Å². The van der Waals surface area contributed by atoms with Crippen molar-refractivity contribution in [3.05, 3.63) is 64.8 Å². The van der Waals surface area contributed by atoms with Crippen LogP contribution in [0.1, 0.15) is 34.1 Å². The fourth-order valence-electron chi connectivity index (χ4n) is 3.71. The third-order valence-corrected chi connectivity index (χ3v) is 5.43. The Kier molecular flexibility index (Phi) is 5.16. The first kappa shape index (κ1) is 18.9. The van der Waals surface area contributed by atoms with Crippen molar-refractivity contribution in [3.63, 3.8) is 0 Å². The van der Waals surface area contributed by atoms with Crippen molar-refractivity contribution < 1.29 is 9.59 Å². The molecule has 0 radical (unpaired) electrons. The molecule has 1 aromatic heterocycles. The summed E-state index contributed by atoms with van der Waals surface area (Å²) < 4.78 is 0. The lowest BCUT2D eigenvalue weighted by Crippen LogP contribution is -2.50. The molecule has 1 saturated heterocycles. The van der Waals surface area contributed by atoms with Crippen LogP contribution < -0.4 is 0 Å². The number of nitrogens with one attached hydrogen (secondary N) is 1. The van der Waals surface area contributed by atoms with Crippen LogP contribution in [0, 0.1) is 6.92 Å². The van der Waals surface area contributed by atoms with E-state index in [0.29, 0.717) is 31.7 Å². The number of benzene rings is 2. The highest BCUT2D eigenvalue weighted by molar-refractivity contribution is 5.96. The van der Waals surface area contributed by atoms with Crippen LogP contribution in [0.5, 0.6) is 0 Å². The molecular formula is C23H24N4O2. The number of amides is 2. The van der Waals surface area contributed by atoms with Crippen molar-refractivity contribution in [1.82, 2.24) is 20.0 Å². The number of piperazine rings is 1. The molecule has 1 aliphatic rings. The van der Waals surface area contributed by atoms with E-state index in [0.717, 1.165) is 27.7 Å². The normalized spacial score (nSPS) is 14.7. The number of aryl methyl sites for hydroxylation is 1. The van der Waals surface area contributed by atoms with Gasteiger partial charge in [-0.05, 0) is 36.3 Å². The van der Waals surface area contributed by atoms with Crippen molar-refractivity contribution in [2.45, 2.75) is 13.8 Å². The molecule has 1 N–H and O–H groups in total. The number of hydrogen-bond acceptors (Lipinski definition) is 3. The summed E-state index contributed by atoms with van der Waals surface area (Å²) in [6.07, 6.45) is 3.99. The fourth-order valence-corrected chi connectivity index (χ4v) is 3.71. The molecule has 4 rings (SSSR count). The Hall–Kier alpha value is -3.41. The van der Waals surface area contributed by atoms with Crippen molar-refractivity contribution >= 4 is 34.9 Å². The zero-order valence-electron chi connectivity index (χ0n) is 16.7. The van der Waals surface area contributed by atoms with Crippen molar-refractivity contribution in [3.8, 4) is 0 Å². The summed E-state index contributed by atoms with van der Waals surface area (Å²) in [4.78, 5) is 28.0. The second kappa shape index (κ2) is 7.91. The summed E-state index contributed by atoms with van der Waals surface area (Å²) in [6, 6.07) is 13.9. The molecule has 0 bridgehead atoms. The smallest absolute Gasteiger partial charge is 0.254 e. The summed E-state index contributed by atoms with van der Waals surface area (Å²) in [6.45, 7) is 5.87. The lowest BCUT2D eigenvalue weighted by Gasteiger charge is -2.34. The third-order valence-electron chi connectivity index (χ3n) is 5.43. The molecule has 2 amide bonds. The summed E-state index contributed by atoms with van der Waals surface area (Å²) in [5, 5.41) is 8.47. The predicted octanol–water partition coefficient (Wildman–Crippen LogP) is 3.35. The van der Waals surface area contributed by atoms with Crippen LogP contribution in [0.4, 0.5) is 0 Å². The van der Waals surface area contributed by atoms with E-state index in [1.54, 1.807) is 11.8 Å². The maximum absolute atomic E-state index is 12.9. The summed E-state index contributed by atoms with van der Waals surface area (Å²) >= 11 is 0. The highest BCUT2D eigenvalue weighted by Crippen LogP contribution is 2.20. The van der Waals surface area contributed by atoms with E-state index in [9.17, 15) is 9.59 Å². The minimum atomic E-state index is 0.0273. The standard InChI is InChI=1S/C23H24N4O2/c1-16-15-18(8-10-22-20-5-3-4-6-21(20)24-25-22)7-9-19(16)23(29)27-13-11-26(12-14-27)17(2)28/h3-10,15H,11-14H2,1-2H3,(H,24,25)/b10-8+. The number of carbonyl (C=O) groups excluding carboxylic acids is 2. The molecule has 2 heterocycles. The zero-order valence-corrected chi connectivity index (χ0v) is 16.7. The lowest BCUT2D eigenvalue weighted by molar-refractivity contribution is -0.130. The summed E-state index contributed by atoms with van der Waals surface area (Å²) in [5.41, 5.74) is 4.57. The highest BCUT2D eigenvalue weighted by atomic mass is 16.2. The molecule has 3 aromatic rings. The Labute approximate surface area is 169 Å². The number of fused-ring (bicyclic) bond motifs is 1. The number of hydrogen-bond donors (Lipinski definition) is 1. The topological polar surface area (TPSA) is 69.3 Å². The van der Waals surface area contributed by atoms with Gasteiger partial charge in [-0.15, -0.1) is 0 Å². The van der Waals surface area contributed by atoms with Gasteiger partial charge in [-0.1, -0.05) is 36.4 Å². The van der Waals surface area contributed by atoms with Gasteiger partial charge in [0, 0.05) is 44.1 Å². The van der Waals surface area contributed by atoms with Crippen molar-refractivity contribution in [2.24, 2.45) is 0 Å². The second-order valence-electron chi connectivity index (χ2n) is 7.36. The quantitative estimate of drug-likeness (QED) is 0.748. The predicted molar refractivity (Wildman–Crippen MR) is 114 cm³/mol. The SMILES string of the molecule is CC(=O)N1CCN(C(=O)c2ccc(/C=C/c3n[nH]c4ccccc34)cc2C)CC1. The molecule has 0 aliphatic carbocycles. The fraction of sp³-hybridized carbons (Fsp3) is 0.261. The molecule has 1 fully saturated rings. The van der Waals surface area contributed by atoms with Gasteiger partial charge in [-0.25, -0.2) is 0 Å². The Morgan fingerprint density at radius 3 is 2.45 bits per heavy atom. The molecule has 0 saturated carbocycles. The number of rotatable bonds is 3. The molecular weight excluding hydrogens is 364 g/mol. The van der Waals surface area contributed by atoms with Gasteiger partial charge < -0.3 is 9.80 Å². The summed E-state index contributed by atoms with van der Waals surface area (Å²) in [5.74, 6) is 0.0913. The van der Waals surface area contributed by atoms with Crippen LogP contribution in [-0.2, 0) is 4.79 Å². The average Bonchev–Trinajstić information content (AvgIpc) is 3.15. The van der Waals surface area contributed by atoms with E-state index in [1.165, 1.54) is 0 Å². The van der Waals surface area contributed by atoms with E-state index in [4.69, 9.17) is 0 Å². The number of aromatic nitrogens is 2. The number of nitrogens with zero attached hydrogens (tertiary/aromatic N) is 3. The van der Waals surface area contributed by atoms with Gasteiger partial charge >= 0.3 is 0 Å². The molecule has 148 valence electrons. The average molecular weight is 388 g/mol. The molecule has 0 spiro atoms. The summed E-state index contributed by atoms with van der Waals surface area (Å²) in [7, 11) is 0. The van der Waals surface area contributed by atoms with Crippen molar-refractivity contribution in [1.29, 1.82) is 0 Å². The van der Waals surface area contributed by atoms with Gasteiger partial charge in [0.05, 0.1) is 11.2 Å². The number of para-hydroxylation sites is 1. The third kappa shape index (κ3) is 3.92. The van der Waals surface area contributed by atoms with Gasteiger partial charge in [0.1, 0.15) is 0 Å². The Morgan fingerprint density at radius 1 is 1.00 bits per heavy atom. The minimum Gasteiger partial charge on any atom is -0.339 e. The molecule has 0 unspecified atom stereocenters. The Bertz CT molecular complexity index is 1090.